The lowest BCUT2D eigenvalue weighted by atomic mass is 10.1. The molecule has 0 amide bonds. The van der Waals surface area contributed by atoms with Crippen LogP contribution in [-0.4, -0.2) is 30.0 Å². The van der Waals surface area contributed by atoms with E-state index in [9.17, 15) is 14.9 Å². The highest BCUT2D eigenvalue weighted by molar-refractivity contribution is 7.11. The van der Waals surface area contributed by atoms with Crippen LogP contribution in [0.3, 0.4) is 0 Å². The number of methoxy groups -OCH3 is 1. The van der Waals surface area contributed by atoms with Gasteiger partial charge in [-0.2, -0.15) is 0 Å². The van der Waals surface area contributed by atoms with Gasteiger partial charge in [0.1, 0.15) is 0 Å². The lowest BCUT2D eigenvalue weighted by Crippen LogP contribution is -2.19. The number of rotatable bonds is 5. The Morgan fingerprint density at radius 2 is 2.23 bits per heavy atom. The van der Waals surface area contributed by atoms with Gasteiger partial charge >= 0.3 is 5.97 Å². The second-order valence-electron chi connectivity index (χ2n) is 4.65. The molecule has 0 atom stereocenters. The molecule has 7 nitrogen and oxygen atoms in total. The number of anilines is 1. The van der Waals surface area contributed by atoms with Crippen molar-refractivity contribution >= 4 is 28.7 Å². The van der Waals surface area contributed by atoms with Crippen LogP contribution in [0.2, 0.25) is 0 Å². The van der Waals surface area contributed by atoms with Gasteiger partial charge in [-0.3, -0.25) is 10.1 Å². The lowest BCUT2D eigenvalue weighted by Gasteiger charge is -2.20. The normalized spacial score (nSPS) is 10.3. The highest BCUT2D eigenvalue weighted by atomic mass is 32.1. The SMILES string of the molecule is COC(=O)c1cc([N+](=O)[O-])ccc1N(C)Cc1cnc(C)s1. The van der Waals surface area contributed by atoms with Crippen molar-refractivity contribution in [3.8, 4) is 0 Å². The number of aromatic nitrogens is 1. The molecule has 2 rings (SSSR count). The summed E-state index contributed by atoms with van der Waals surface area (Å²) in [7, 11) is 3.06. The Bertz CT molecular complexity index is 714. The molecule has 1 aromatic heterocycles. The van der Waals surface area contributed by atoms with Gasteiger partial charge < -0.3 is 9.64 Å². The van der Waals surface area contributed by atoms with E-state index in [0.717, 1.165) is 9.88 Å². The molecule has 0 aliphatic heterocycles. The fraction of sp³-hybridized carbons (Fsp3) is 0.286. The largest absolute Gasteiger partial charge is 0.465 e. The summed E-state index contributed by atoms with van der Waals surface area (Å²) in [5.41, 5.74) is 0.593. The number of non-ortho nitro benzene ring substituents is 1. The minimum Gasteiger partial charge on any atom is -0.465 e. The Kier molecular flexibility index (Phi) is 4.71. The van der Waals surface area contributed by atoms with Gasteiger partial charge in [0.25, 0.3) is 5.69 Å². The van der Waals surface area contributed by atoms with E-state index >= 15 is 0 Å². The highest BCUT2D eigenvalue weighted by Crippen LogP contribution is 2.27. The van der Waals surface area contributed by atoms with E-state index < -0.39 is 10.9 Å². The minimum absolute atomic E-state index is 0.147. The molecule has 0 aliphatic rings. The van der Waals surface area contributed by atoms with Crippen molar-refractivity contribution in [2.75, 3.05) is 19.1 Å². The van der Waals surface area contributed by atoms with Crippen molar-refractivity contribution < 1.29 is 14.5 Å². The number of benzene rings is 1. The lowest BCUT2D eigenvalue weighted by molar-refractivity contribution is -0.384. The summed E-state index contributed by atoms with van der Waals surface area (Å²) < 4.78 is 4.72. The maximum absolute atomic E-state index is 11.9. The van der Waals surface area contributed by atoms with Crippen LogP contribution in [-0.2, 0) is 11.3 Å². The van der Waals surface area contributed by atoms with Crippen LogP contribution >= 0.6 is 11.3 Å². The highest BCUT2D eigenvalue weighted by Gasteiger charge is 2.20. The molecular formula is C14H15N3O4S. The standard InChI is InChI=1S/C14H15N3O4S/c1-9-15-7-11(22-9)8-16(2)13-5-4-10(17(19)20)6-12(13)14(18)21-3/h4-7H,8H2,1-3H3. The van der Waals surface area contributed by atoms with Crippen molar-refractivity contribution in [1.82, 2.24) is 4.98 Å². The van der Waals surface area contributed by atoms with Gasteiger partial charge in [0, 0.05) is 30.3 Å². The van der Waals surface area contributed by atoms with Crippen LogP contribution in [0.15, 0.2) is 24.4 Å². The molecule has 0 saturated carbocycles. The average molecular weight is 321 g/mol. The molecule has 0 radical (unpaired) electrons. The van der Waals surface area contributed by atoms with Crippen LogP contribution < -0.4 is 4.90 Å². The van der Waals surface area contributed by atoms with Gasteiger partial charge in [-0.15, -0.1) is 11.3 Å². The summed E-state index contributed by atoms with van der Waals surface area (Å²) in [6.07, 6.45) is 1.78. The van der Waals surface area contributed by atoms with Gasteiger partial charge in [-0.05, 0) is 13.0 Å². The molecule has 1 heterocycles. The molecule has 2 aromatic rings. The Hall–Kier alpha value is -2.48. The van der Waals surface area contributed by atoms with Gasteiger partial charge in [0.05, 0.1) is 34.8 Å². The zero-order valence-corrected chi connectivity index (χ0v) is 13.2. The predicted molar refractivity (Wildman–Crippen MR) is 83.4 cm³/mol. The third kappa shape index (κ3) is 3.40. The zero-order valence-electron chi connectivity index (χ0n) is 12.4. The number of carbonyl (C=O) groups excluding carboxylic acids is 1. The Morgan fingerprint density at radius 3 is 2.77 bits per heavy atom. The predicted octanol–water partition coefficient (Wildman–Crippen LogP) is 2.78. The van der Waals surface area contributed by atoms with Crippen LogP contribution in [0.4, 0.5) is 11.4 Å². The Morgan fingerprint density at radius 1 is 1.50 bits per heavy atom. The van der Waals surface area contributed by atoms with Gasteiger partial charge in [-0.25, -0.2) is 9.78 Å². The number of aryl methyl sites for hydroxylation is 1. The van der Waals surface area contributed by atoms with E-state index in [1.165, 1.54) is 19.2 Å². The topological polar surface area (TPSA) is 85.6 Å². The van der Waals surface area contributed by atoms with Crippen LogP contribution in [0.5, 0.6) is 0 Å². The molecule has 0 bridgehead atoms. The summed E-state index contributed by atoms with van der Waals surface area (Å²) in [5.74, 6) is -0.606. The first kappa shape index (κ1) is 15.9. The number of hydrogen-bond donors (Lipinski definition) is 0. The fourth-order valence-electron chi connectivity index (χ4n) is 2.04. The average Bonchev–Trinajstić information content (AvgIpc) is 2.90. The number of thiazole rings is 1. The first-order valence-corrected chi connectivity index (χ1v) is 7.23. The van der Waals surface area contributed by atoms with Gasteiger partial charge in [-0.1, -0.05) is 0 Å². The monoisotopic (exact) mass is 321 g/mol. The number of ether oxygens (including phenoxy) is 1. The number of nitrogens with zero attached hydrogens (tertiary/aromatic N) is 3. The molecule has 0 fully saturated rings. The number of hydrogen-bond acceptors (Lipinski definition) is 7. The zero-order chi connectivity index (χ0) is 16.3. The molecular weight excluding hydrogens is 306 g/mol. The van der Waals surface area contributed by atoms with E-state index in [2.05, 4.69) is 4.98 Å². The van der Waals surface area contributed by atoms with Crippen molar-refractivity contribution in [1.29, 1.82) is 0 Å². The molecule has 1 aromatic carbocycles. The summed E-state index contributed by atoms with van der Waals surface area (Å²) in [4.78, 5) is 29.3. The van der Waals surface area contributed by atoms with Gasteiger partial charge in [0.15, 0.2) is 0 Å². The first-order valence-electron chi connectivity index (χ1n) is 6.41. The van der Waals surface area contributed by atoms with E-state index in [4.69, 9.17) is 4.74 Å². The number of carbonyl (C=O) groups is 1. The third-order valence-corrected chi connectivity index (χ3v) is 3.97. The molecule has 116 valence electrons. The van der Waals surface area contributed by atoms with Crippen molar-refractivity contribution in [3.63, 3.8) is 0 Å². The fourth-order valence-corrected chi connectivity index (χ4v) is 2.89. The number of nitro groups is 1. The second kappa shape index (κ2) is 6.52. The summed E-state index contributed by atoms with van der Waals surface area (Å²) in [6.45, 7) is 2.47. The summed E-state index contributed by atoms with van der Waals surface area (Å²) in [5, 5.41) is 11.8. The van der Waals surface area contributed by atoms with Crippen LogP contribution in [0, 0.1) is 17.0 Å². The third-order valence-electron chi connectivity index (χ3n) is 3.07. The van der Waals surface area contributed by atoms with E-state index in [0.29, 0.717) is 12.2 Å². The van der Waals surface area contributed by atoms with Gasteiger partial charge in [0.2, 0.25) is 0 Å². The van der Waals surface area contributed by atoms with Crippen molar-refractivity contribution in [3.05, 3.63) is 50.0 Å². The Labute approximate surface area is 131 Å². The van der Waals surface area contributed by atoms with Crippen LogP contribution in [0.1, 0.15) is 20.2 Å². The molecule has 0 N–H and O–H groups in total. The minimum atomic E-state index is -0.606. The number of nitro benzene ring substituents is 1. The first-order chi connectivity index (χ1) is 10.4. The quantitative estimate of drug-likeness (QED) is 0.478. The maximum Gasteiger partial charge on any atom is 0.340 e. The van der Waals surface area contributed by atoms with Crippen LogP contribution in [0.25, 0.3) is 0 Å². The van der Waals surface area contributed by atoms with Crippen molar-refractivity contribution in [2.24, 2.45) is 0 Å². The molecule has 22 heavy (non-hydrogen) atoms. The summed E-state index contributed by atoms with van der Waals surface area (Å²) >= 11 is 1.56. The molecule has 0 spiro atoms. The van der Waals surface area contributed by atoms with E-state index in [1.807, 2.05) is 18.9 Å². The second-order valence-corrected chi connectivity index (χ2v) is 5.97. The van der Waals surface area contributed by atoms with Crippen molar-refractivity contribution in [2.45, 2.75) is 13.5 Å². The summed E-state index contributed by atoms with van der Waals surface area (Å²) in [6, 6.07) is 4.16. The van der Waals surface area contributed by atoms with E-state index in [1.54, 1.807) is 23.6 Å². The van der Waals surface area contributed by atoms with E-state index in [-0.39, 0.29) is 11.3 Å². The smallest absolute Gasteiger partial charge is 0.340 e. The molecule has 8 heteroatoms. The maximum atomic E-state index is 11.9. The Balaban J connectivity index is 2.35. The molecule has 0 saturated heterocycles. The molecule has 0 aliphatic carbocycles. The number of esters is 1. The molecule has 0 unspecified atom stereocenters.